The van der Waals surface area contributed by atoms with E-state index >= 15 is 0 Å². The Hall–Kier alpha value is -3.21. The van der Waals surface area contributed by atoms with Crippen molar-refractivity contribution < 1.29 is 19.4 Å². The topological polar surface area (TPSA) is 66.5 Å². The van der Waals surface area contributed by atoms with Crippen LogP contribution in [-0.4, -0.2) is 20.4 Å². The lowest BCUT2D eigenvalue weighted by Gasteiger charge is -2.40. The van der Waals surface area contributed by atoms with Crippen LogP contribution >= 0.6 is 10.2 Å². The molecule has 0 aliphatic carbocycles. The number of rotatable bonds is 4. The van der Waals surface area contributed by atoms with Gasteiger partial charge in [0.2, 0.25) is 0 Å². The number of aromatic amines is 1. The summed E-state index contributed by atoms with van der Waals surface area (Å²) in [6.45, 7) is 0. The van der Waals surface area contributed by atoms with E-state index in [4.69, 9.17) is 0 Å². The van der Waals surface area contributed by atoms with Crippen molar-refractivity contribution in [2.45, 2.75) is 4.90 Å². The number of pyridine rings is 1. The number of H-pyrrole nitrogens is 1. The van der Waals surface area contributed by atoms with Crippen LogP contribution in [-0.2, 0) is 0 Å². The summed E-state index contributed by atoms with van der Waals surface area (Å²) in [5.41, 5.74) is 2.97. The fourth-order valence-corrected chi connectivity index (χ4v) is 3.33. The smallest absolute Gasteiger partial charge is 0.310 e. The fourth-order valence-electron chi connectivity index (χ4n) is 2.68. The van der Waals surface area contributed by atoms with Crippen molar-refractivity contribution in [3.63, 3.8) is 0 Å². The van der Waals surface area contributed by atoms with Crippen LogP contribution in [0.5, 0.6) is 0 Å². The molecule has 0 aliphatic rings. The molecule has 0 spiro atoms. The number of aromatic nitrogens is 4. The minimum absolute atomic E-state index is 0.188. The van der Waals surface area contributed by atoms with Gasteiger partial charge in [0, 0.05) is 17.4 Å². The summed E-state index contributed by atoms with van der Waals surface area (Å²) in [6, 6.07) is 11.4. The van der Waals surface area contributed by atoms with Gasteiger partial charge in [0.15, 0.2) is 0 Å². The van der Waals surface area contributed by atoms with Crippen LogP contribution in [0.2, 0.25) is 0 Å². The molecule has 0 aliphatic heterocycles. The van der Waals surface area contributed by atoms with Gasteiger partial charge in [0.1, 0.15) is 16.2 Å². The van der Waals surface area contributed by atoms with Crippen molar-refractivity contribution >= 4 is 32.8 Å². The maximum atomic E-state index is 12.8. The first-order valence-electron chi connectivity index (χ1n) is 7.87. The number of anilines is 2. The van der Waals surface area contributed by atoms with Crippen molar-refractivity contribution in [1.82, 2.24) is 20.4 Å². The average Bonchev–Trinajstić information content (AvgIpc) is 3.08. The molecular weight excluding hydrogens is 401 g/mol. The summed E-state index contributed by atoms with van der Waals surface area (Å²) in [5, 5.41) is 13.2. The lowest BCUT2D eigenvalue weighted by Crippen LogP contribution is -2.06. The number of halogens is 5. The van der Waals surface area contributed by atoms with Crippen LogP contribution in [0.4, 0.5) is 30.9 Å². The second-order valence-electron chi connectivity index (χ2n) is 6.06. The molecule has 11 heteroatoms. The lowest BCUT2D eigenvalue weighted by molar-refractivity contribution is 0.364. The molecule has 2 aromatic carbocycles. The molecule has 4 aromatic rings. The average molecular weight is 413 g/mol. The molecule has 28 heavy (non-hydrogen) atoms. The first-order chi connectivity index (χ1) is 13.0. The molecule has 0 unspecified atom stereocenters. The van der Waals surface area contributed by atoms with Crippen LogP contribution in [0.1, 0.15) is 0 Å². The van der Waals surface area contributed by atoms with Gasteiger partial charge >= 0.3 is 10.2 Å². The van der Waals surface area contributed by atoms with Crippen molar-refractivity contribution in [2.75, 3.05) is 5.32 Å². The molecule has 0 radical (unpaired) electrons. The highest BCUT2D eigenvalue weighted by Gasteiger charge is 2.65. The van der Waals surface area contributed by atoms with Gasteiger partial charge in [-0.15, -0.1) is 5.10 Å². The molecule has 0 amide bonds. The van der Waals surface area contributed by atoms with Gasteiger partial charge < -0.3 is 5.32 Å². The zero-order valence-corrected chi connectivity index (χ0v) is 14.7. The number of nitrogens with one attached hydrogen (secondary N) is 2. The predicted octanol–water partition coefficient (Wildman–Crippen LogP) is 6.42. The van der Waals surface area contributed by atoms with Gasteiger partial charge in [-0.05, 0) is 54.1 Å². The molecule has 0 saturated carbocycles. The normalized spacial score (nSPS) is 14.5. The summed E-state index contributed by atoms with van der Waals surface area (Å²) >= 11 is 0. The Labute approximate surface area is 155 Å². The zero-order chi connectivity index (χ0) is 20.1. The van der Waals surface area contributed by atoms with Crippen LogP contribution in [0.3, 0.4) is 0 Å². The van der Waals surface area contributed by atoms with Gasteiger partial charge in [-0.1, -0.05) is 30.7 Å². The summed E-state index contributed by atoms with van der Waals surface area (Å²) in [4.78, 5) is 2.26. The van der Waals surface area contributed by atoms with Crippen molar-refractivity contribution in [3.05, 3.63) is 60.8 Å². The van der Waals surface area contributed by atoms with Crippen LogP contribution < -0.4 is 5.32 Å². The molecule has 146 valence electrons. The summed E-state index contributed by atoms with van der Waals surface area (Å²) < 4.78 is 64.2. The highest BCUT2D eigenvalue weighted by Crippen LogP contribution is 3.02. The van der Waals surface area contributed by atoms with Crippen molar-refractivity contribution in [3.8, 4) is 11.1 Å². The van der Waals surface area contributed by atoms with E-state index in [1.54, 1.807) is 24.3 Å². The summed E-state index contributed by atoms with van der Waals surface area (Å²) in [5.74, 6) is 0.352. The number of fused-ring (bicyclic) bond motifs is 1. The van der Waals surface area contributed by atoms with Crippen molar-refractivity contribution in [1.29, 1.82) is 0 Å². The van der Waals surface area contributed by atoms with E-state index in [0.717, 1.165) is 23.2 Å². The van der Waals surface area contributed by atoms with Gasteiger partial charge in [-0.3, -0.25) is 5.10 Å². The summed E-state index contributed by atoms with van der Waals surface area (Å²) in [6.07, 6.45) is 1.50. The van der Waals surface area contributed by atoms with Gasteiger partial charge in [0.05, 0.1) is 5.52 Å². The third kappa shape index (κ3) is 3.60. The maximum absolute atomic E-state index is 12.8. The quantitative estimate of drug-likeness (QED) is 0.379. The fraction of sp³-hybridized carbons (Fsp3) is 0. The molecule has 0 fully saturated rings. The van der Waals surface area contributed by atoms with Gasteiger partial charge in [0.25, 0.3) is 0 Å². The number of hydrogen-bond donors (Lipinski definition) is 2. The lowest BCUT2D eigenvalue weighted by atomic mass is 10.1. The minimum atomic E-state index is -9.70. The summed E-state index contributed by atoms with van der Waals surface area (Å²) in [7, 11) is -9.70. The standard InChI is InChI=1S/C17H12F5N5S/c18-28(19,20,21,22)13-6-4-12(5-7-13)24-17-14(2-1-9-23-17)11-3-8-15-16(10-11)26-27-25-15/h1-10H,(H,23,24)(H,25,26,27). The monoisotopic (exact) mass is 413 g/mol. The molecule has 4 rings (SSSR count). The molecule has 2 N–H and O–H groups in total. The van der Waals surface area contributed by atoms with E-state index in [9.17, 15) is 19.4 Å². The highest BCUT2D eigenvalue weighted by molar-refractivity contribution is 8.45. The Morgan fingerprint density at radius 3 is 2.36 bits per heavy atom. The molecule has 0 bridgehead atoms. The maximum Gasteiger partial charge on any atom is 0.310 e. The SMILES string of the molecule is FS(F)(F)(F)(F)c1ccc(Nc2ncccc2-c2ccc3[nH]nnc3c2)cc1. The van der Waals surface area contributed by atoms with E-state index in [1.165, 1.54) is 6.20 Å². The van der Waals surface area contributed by atoms with Crippen LogP contribution in [0, 0.1) is 0 Å². The minimum Gasteiger partial charge on any atom is -0.340 e. The van der Waals surface area contributed by atoms with E-state index in [2.05, 4.69) is 25.7 Å². The van der Waals surface area contributed by atoms with E-state index < -0.39 is 15.1 Å². The first-order valence-corrected chi connectivity index (χ1v) is 9.82. The predicted molar refractivity (Wildman–Crippen MR) is 98.2 cm³/mol. The molecule has 2 heterocycles. The zero-order valence-electron chi connectivity index (χ0n) is 13.9. The van der Waals surface area contributed by atoms with Crippen molar-refractivity contribution in [2.24, 2.45) is 0 Å². The Bertz CT molecular complexity index is 1170. The van der Waals surface area contributed by atoms with Crippen LogP contribution in [0.15, 0.2) is 65.7 Å². The second kappa shape index (κ2) is 5.41. The Balaban J connectivity index is 1.68. The van der Waals surface area contributed by atoms with E-state index in [0.29, 0.717) is 29.0 Å². The number of benzene rings is 2. The van der Waals surface area contributed by atoms with E-state index in [1.807, 2.05) is 6.07 Å². The molecule has 0 atom stereocenters. The number of hydrogen-bond acceptors (Lipinski definition) is 4. The van der Waals surface area contributed by atoms with Gasteiger partial charge in [-0.25, -0.2) is 4.98 Å². The Morgan fingerprint density at radius 2 is 1.64 bits per heavy atom. The molecule has 5 nitrogen and oxygen atoms in total. The third-order valence-electron chi connectivity index (χ3n) is 4.01. The Morgan fingerprint density at radius 1 is 0.893 bits per heavy atom. The van der Waals surface area contributed by atoms with Gasteiger partial charge in [-0.2, -0.15) is 0 Å². The Kier molecular flexibility index (Phi) is 3.51. The number of nitrogens with zero attached hydrogens (tertiary/aromatic N) is 3. The molecule has 0 saturated heterocycles. The first kappa shape index (κ1) is 18.2. The van der Waals surface area contributed by atoms with Crippen LogP contribution in [0.25, 0.3) is 22.2 Å². The molecule has 2 aromatic heterocycles. The highest BCUT2D eigenvalue weighted by atomic mass is 32.5. The second-order valence-corrected chi connectivity index (χ2v) is 8.47. The largest absolute Gasteiger partial charge is 0.340 e. The third-order valence-corrected chi connectivity index (χ3v) is 5.17. The molecular formula is C17H12F5N5S. The van der Waals surface area contributed by atoms with E-state index in [-0.39, 0.29) is 5.69 Å².